The molecule has 0 unspecified atom stereocenters. The van der Waals surface area contributed by atoms with Gasteiger partial charge in [0.25, 0.3) is 0 Å². The number of rotatable bonds is 65. The molecule has 1 heterocycles. The van der Waals surface area contributed by atoms with Crippen molar-refractivity contribution in [3.8, 4) is 0 Å². The van der Waals surface area contributed by atoms with Gasteiger partial charge >= 0.3 is 23.9 Å². The smallest absolute Gasteiger partial charge is 0.306 e. The molecule has 3 amide bonds. The highest BCUT2D eigenvalue weighted by Crippen LogP contribution is 2.34. The van der Waals surface area contributed by atoms with Gasteiger partial charge < -0.3 is 66.0 Å². The number of aromatic nitrogens is 2. The Morgan fingerprint density at radius 2 is 1.04 bits per heavy atom. The van der Waals surface area contributed by atoms with Gasteiger partial charge in [-0.05, 0) is 76.5 Å². The largest absolute Gasteiger partial charge is 0.481 e. The molecule has 1 saturated carbocycles. The third kappa shape index (κ3) is 45.0. The van der Waals surface area contributed by atoms with E-state index in [1.54, 1.807) is 0 Å². The number of ether oxygens (including phenoxy) is 4. The summed E-state index contributed by atoms with van der Waals surface area (Å²) in [5, 5.41) is 45.6. The number of aromatic amines is 1. The van der Waals surface area contributed by atoms with E-state index in [9.17, 15) is 72.9 Å². The van der Waals surface area contributed by atoms with Crippen molar-refractivity contribution < 1.29 is 98.3 Å². The highest BCUT2D eigenvalue weighted by atomic mass is 16.5. The molecule has 1 aromatic heterocycles. The second-order valence-corrected chi connectivity index (χ2v) is 26.8. The number of Topliss-reactive ketones (excluding diaryl/α,β-unsaturated/α-hetero) is 5. The second kappa shape index (κ2) is 53.6. The number of hydrogen-bond acceptors (Lipinski definition) is 18. The minimum Gasteiger partial charge on any atom is -0.481 e. The molecule has 0 aliphatic heterocycles. The summed E-state index contributed by atoms with van der Waals surface area (Å²) in [4.78, 5) is 155. The number of nitrogens with two attached hydrogens (primary N) is 1. The monoisotopic (exact) mass is 1380 g/mol. The predicted octanol–water partition coefficient (Wildman–Crippen LogP) is 9.04. The molecule has 0 aromatic carbocycles. The van der Waals surface area contributed by atoms with Gasteiger partial charge in [-0.25, -0.2) is 4.98 Å². The summed E-state index contributed by atoms with van der Waals surface area (Å²) >= 11 is 0. The summed E-state index contributed by atoms with van der Waals surface area (Å²) in [5.74, 6) is -8.55. The van der Waals surface area contributed by atoms with Gasteiger partial charge in [-0.3, -0.25) is 57.5 Å². The lowest BCUT2D eigenvalue weighted by Gasteiger charge is -2.28. The zero-order valence-electron chi connectivity index (χ0n) is 58.2. The van der Waals surface area contributed by atoms with E-state index in [1.807, 2.05) is 0 Å². The molecule has 97 heavy (non-hydrogen) atoms. The number of ketones is 5. The number of carboxylic acid groups (broad SMARTS) is 4. The Kier molecular flexibility index (Phi) is 47.9. The lowest BCUT2D eigenvalue weighted by atomic mass is 9.76. The van der Waals surface area contributed by atoms with Crippen molar-refractivity contribution in [3.05, 3.63) is 18.2 Å². The van der Waals surface area contributed by atoms with Crippen LogP contribution in [0.3, 0.4) is 0 Å². The standard InChI is InChI=1S/C71H118N6O20.H2/c1-71(2,47-63(82)59(72)46-56-48-73-51-76-56)70(93)77-60(33-35-67(87)88)62(81)45-54(68(89)90)22-18-17-20-24-58(79)49-96-42-40-95-39-37-75-65(84)50-97-43-41-94-38-36-74-64(83)34-31-55(69(91)92)44-61(80)53-29-26-52(27-30-53)28-32-57(78)23-19-15-13-11-9-7-5-3-4-6-8-10-12-14-16-21-25-66(85)86;/h48,51-55,59-60H,3-47,49-50,72H2,1-2H3,(H,73,76)(H,74,83)(H,75,84)(H,77,93)(H,85,86)(H,87,88)(H,89,90)(H,91,92);1H/t52?,53?,54-,55-,59+,60+;/m1./s1. The summed E-state index contributed by atoms with van der Waals surface area (Å²) in [6.45, 7) is 3.90. The average Bonchev–Trinajstić information content (AvgIpc) is 1.06. The highest BCUT2D eigenvalue weighted by molar-refractivity contribution is 5.95. The number of H-pyrrole nitrogens is 1. The minimum absolute atomic E-state index is 0. The topological polar surface area (TPSA) is 413 Å². The molecule has 1 fully saturated rings. The summed E-state index contributed by atoms with van der Waals surface area (Å²) < 4.78 is 21.6. The predicted molar refractivity (Wildman–Crippen MR) is 363 cm³/mol. The Bertz CT molecular complexity index is 2470. The Labute approximate surface area is 575 Å². The number of aliphatic carboxylic acids is 4. The van der Waals surface area contributed by atoms with Gasteiger partial charge in [0.1, 0.15) is 24.8 Å². The lowest BCUT2D eigenvalue weighted by Crippen LogP contribution is -2.49. The quantitative estimate of drug-likeness (QED) is 0.0274. The number of carbonyl (C=O) groups is 12. The molecular weight excluding hydrogens is 1260 g/mol. The van der Waals surface area contributed by atoms with E-state index >= 15 is 0 Å². The van der Waals surface area contributed by atoms with E-state index in [4.69, 9.17) is 29.8 Å². The first-order valence-corrected chi connectivity index (χ1v) is 35.9. The zero-order valence-corrected chi connectivity index (χ0v) is 58.2. The Morgan fingerprint density at radius 3 is 1.58 bits per heavy atom. The van der Waals surface area contributed by atoms with Crippen molar-refractivity contribution in [2.75, 3.05) is 65.9 Å². The van der Waals surface area contributed by atoms with Crippen LogP contribution in [0.4, 0.5) is 0 Å². The normalized spacial score (nSPS) is 15.2. The van der Waals surface area contributed by atoms with Crippen molar-refractivity contribution in [2.45, 2.75) is 264 Å². The number of carbonyl (C=O) groups excluding carboxylic acids is 8. The fourth-order valence-corrected chi connectivity index (χ4v) is 11.8. The van der Waals surface area contributed by atoms with Crippen LogP contribution in [0, 0.1) is 29.1 Å². The molecular formula is C71H120N6O20. The molecule has 1 aliphatic rings. The van der Waals surface area contributed by atoms with Crippen LogP contribution in [0.15, 0.2) is 12.5 Å². The van der Waals surface area contributed by atoms with Crippen LogP contribution in [-0.2, 0) is 82.9 Å². The molecule has 26 heteroatoms. The summed E-state index contributed by atoms with van der Waals surface area (Å²) in [6.07, 6.45) is 27.3. The molecule has 1 aliphatic carbocycles. The van der Waals surface area contributed by atoms with Crippen LogP contribution in [0.2, 0.25) is 0 Å². The first-order chi connectivity index (χ1) is 46.5. The van der Waals surface area contributed by atoms with Gasteiger partial charge in [-0.2, -0.15) is 0 Å². The maximum absolute atomic E-state index is 13.4. The SMILES string of the molecule is CC(C)(CC(=O)[C@@H](N)Cc1cnc[nH]1)C(=O)N[C@@H](CCC(=O)O)C(=O)C[C@@H](CCCCCC(=O)COCCOCCNC(=O)COCCOCCNC(=O)CC[C@H](CC(=O)C1CCC(CCC(=O)CCCCCCCCCCCCCCCCCCC(=O)O)CC1)C(=O)O)C(=O)O.[HH]. The van der Waals surface area contributed by atoms with E-state index in [-0.39, 0.29) is 154 Å². The number of hydrogen-bond donors (Lipinski definition) is 9. The van der Waals surface area contributed by atoms with Crippen LogP contribution < -0.4 is 21.7 Å². The van der Waals surface area contributed by atoms with Crippen molar-refractivity contribution in [1.82, 2.24) is 25.9 Å². The molecule has 4 atom stereocenters. The molecule has 0 spiro atoms. The second-order valence-electron chi connectivity index (χ2n) is 26.8. The first kappa shape index (κ1) is 86.7. The maximum atomic E-state index is 13.4. The molecule has 0 saturated heterocycles. The van der Waals surface area contributed by atoms with Crippen molar-refractivity contribution in [1.29, 1.82) is 0 Å². The average molecular weight is 1380 g/mol. The van der Waals surface area contributed by atoms with Crippen molar-refractivity contribution in [3.63, 3.8) is 0 Å². The first-order valence-electron chi connectivity index (χ1n) is 35.9. The van der Waals surface area contributed by atoms with E-state index in [0.29, 0.717) is 62.3 Å². The van der Waals surface area contributed by atoms with Gasteiger partial charge in [-0.15, -0.1) is 0 Å². The number of nitrogens with one attached hydrogen (secondary N) is 4. The maximum Gasteiger partial charge on any atom is 0.306 e. The molecule has 2 rings (SSSR count). The lowest BCUT2D eigenvalue weighted by molar-refractivity contribution is -0.145. The summed E-state index contributed by atoms with van der Waals surface area (Å²) in [6, 6.07) is -2.23. The Hall–Kier alpha value is -6.35. The molecule has 26 nitrogen and oxygen atoms in total. The molecule has 554 valence electrons. The van der Waals surface area contributed by atoms with E-state index in [0.717, 1.165) is 51.4 Å². The third-order valence-electron chi connectivity index (χ3n) is 17.9. The number of nitrogens with zero attached hydrogens (tertiary/aromatic N) is 1. The fraction of sp³-hybridized carbons (Fsp3) is 0.789. The Balaban J connectivity index is 0.0000480. The van der Waals surface area contributed by atoms with E-state index < -0.39 is 83.5 Å². The van der Waals surface area contributed by atoms with Crippen molar-refractivity contribution >= 4 is 70.5 Å². The van der Waals surface area contributed by atoms with Crippen LogP contribution in [0.1, 0.15) is 252 Å². The molecule has 10 N–H and O–H groups in total. The van der Waals surface area contributed by atoms with E-state index in [2.05, 4.69) is 25.9 Å². The number of unbranched alkanes of at least 4 members (excludes halogenated alkanes) is 17. The van der Waals surface area contributed by atoms with Gasteiger partial charge in [-0.1, -0.05) is 117 Å². The van der Waals surface area contributed by atoms with E-state index in [1.165, 1.54) is 97.0 Å². The van der Waals surface area contributed by atoms with Crippen molar-refractivity contribution in [2.24, 2.45) is 34.8 Å². The van der Waals surface area contributed by atoms with Crippen LogP contribution in [0.5, 0.6) is 0 Å². The van der Waals surface area contributed by atoms with Gasteiger partial charge in [0.05, 0.1) is 75.3 Å². The summed E-state index contributed by atoms with van der Waals surface area (Å²) in [5.41, 5.74) is 5.36. The fourth-order valence-electron chi connectivity index (χ4n) is 11.8. The summed E-state index contributed by atoms with van der Waals surface area (Å²) in [7, 11) is 0. The number of imidazole rings is 1. The Morgan fingerprint density at radius 1 is 0.546 bits per heavy atom. The number of carboxylic acids is 4. The molecule has 1 aromatic rings. The third-order valence-corrected chi connectivity index (χ3v) is 17.9. The van der Waals surface area contributed by atoms with Gasteiger partial charge in [0.15, 0.2) is 17.3 Å². The van der Waals surface area contributed by atoms with Crippen LogP contribution in [0.25, 0.3) is 0 Å². The molecule has 0 radical (unpaired) electrons. The van der Waals surface area contributed by atoms with Crippen LogP contribution >= 0.6 is 0 Å². The van der Waals surface area contributed by atoms with Gasteiger partial charge in [0, 0.05) is 96.5 Å². The molecule has 0 bridgehead atoms. The highest BCUT2D eigenvalue weighted by Gasteiger charge is 2.36. The van der Waals surface area contributed by atoms with Crippen LogP contribution in [-0.4, -0.2) is 179 Å². The minimum atomic E-state index is -1.33. The zero-order chi connectivity index (χ0) is 71.5. The van der Waals surface area contributed by atoms with Gasteiger partial charge in [0.2, 0.25) is 17.7 Å². The number of amides is 3.